The second-order valence-electron chi connectivity index (χ2n) is 5.61. The van der Waals surface area contributed by atoms with E-state index in [1.807, 2.05) is 18.2 Å². The molecule has 2 aromatic rings. The lowest BCUT2D eigenvalue weighted by Crippen LogP contribution is -2.32. The van der Waals surface area contributed by atoms with Gasteiger partial charge in [-0.2, -0.15) is 0 Å². The molecule has 0 amide bonds. The fourth-order valence-electron chi connectivity index (χ4n) is 2.90. The van der Waals surface area contributed by atoms with Crippen LogP contribution < -0.4 is 0 Å². The molecular formula is C16H20ClN3O3. The van der Waals surface area contributed by atoms with Crippen molar-refractivity contribution >= 4 is 11.6 Å². The number of aromatic nitrogens is 2. The Morgan fingerprint density at radius 3 is 2.87 bits per heavy atom. The molecule has 0 spiro atoms. The van der Waals surface area contributed by atoms with Gasteiger partial charge in [0.15, 0.2) is 0 Å². The fourth-order valence-corrected chi connectivity index (χ4v) is 3.12. The van der Waals surface area contributed by atoms with Crippen LogP contribution in [0.2, 0.25) is 5.02 Å². The van der Waals surface area contributed by atoms with Crippen LogP contribution in [0.5, 0.6) is 0 Å². The van der Waals surface area contributed by atoms with E-state index in [1.165, 1.54) is 0 Å². The van der Waals surface area contributed by atoms with Crippen molar-refractivity contribution in [2.24, 2.45) is 0 Å². The molecule has 7 heteroatoms. The van der Waals surface area contributed by atoms with Crippen molar-refractivity contribution in [2.45, 2.75) is 25.1 Å². The number of methoxy groups -OCH3 is 2. The molecule has 0 radical (unpaired) electrons. The molecule has 0 aliphatic carbocycles. The molecule has 0 unspecified atom stereocenters. The Bertz CT molecular complexity index is 649. The highest BCUT2D eigenvalue weighted by Crippen LogP contribution is 2.27. The van der Waals surface area contributed by atoms with Crippen LogP contribution in [0.3, 0.4) is 0 Å². The topological polar surface area (TPSA) is 60.6 Å². The summed E-state index contributed by atoms with van der Waals surface area (Å²) in [6, 6.07) is 7.72. The maximum absolute atomic E-state index is 6.17. The Morgan fingerprint density at radius 1 is 1.30 bits per heavy atom. The summed E-state index contributed by atoms with van der Waals surface area (Å²) in [5, 5.41) is 8.85. The van der Waals surface area contributed by atoms with Crippen molar-refractivity contribution < 1.29 is 13.9 Å². The standard InChI is InChI=1S/C16H20ClN3O3/c1-21-10-11-7-12(22-2)8-20(11)9-15-18-19-16(23-15)13-5-3-4-6-14(13)17/h3-6,11-12H,7-10H2,1-2H3/t11-,12+/m0/s1. The van der Waals surface area contributed by atoms with Crippen molar-refractivity contribution in [3.8, 4) is 11.5 Å². The van der Waals surface area contributed by atoms with E-state index >= 15 is 0 Å². The zero-order valence-corrected chi connectivity index (χ0v) is 14.0. The summed E-state index contributed by atoms with van der Waals surface area (Å²) in [6.45, 7) is 2.06. The van der Waals surface area contributed by atoms with Crippen molar-refractivity contribution in [1.82, 2.24) is 15.1 Å². The number of ether oxygens (including phenoxy) is 2. The van der Waals surface area contributed by atoms with Crippen molar-refractivity contribution in [1.29, 1.82) is 0 Å². The minimum absolute atomic E-state index is 0.209. The molecule has 1 aromatic heterocycles. The molecule has 1 aromatic carbocycles. The van der Waals surface area contributed by atoms with Gasteiger partial charge in [-0.15, -0.1) is 10.2 Å². The Hall–Kier alpha value is -1.47. The Labute approximate surface area is 140 Å². The molecule has 124 valence electrons. The molecule has 23 heavy (non-hydrogen) atoms. The first-order valence-electron chi connectivity index (χ1n) is 7.54. The number of hydrogen-bond acceptors (Lipinski definition) is 6. The molecule has 0 bridgehead atoms. The fraction of sp³-hybridized carbons (Fsp3) is 0.500. The van der Waals surface area contributed by atoms with Crippen LogP contribution in [0.4, 0.5) is 0 Å². The molecule has 1 aliphatic heterocycles. The average Bonchev–Trinajstić information content (AvgIpc) is 3.16. The average molecular weight is 338 g/mol. The van der Waals surface area contributed by atoms with Crippen LogP contribution in [0, 0.1) is 0 Å². The highest BCUT2D eigenvalue weighted by atomic mass is 35.5. The molecular weight excluding hydrogens is 318 g/mol. The van der Waals surface area contributed by atoms with Crippen LogP contribution in [0.1, 0.15) is 12.3 Å². The molecule has 6 nitrogen and oxygen atoms in total. The van der Waals surface area contributed by atoms with Gasteiger partial charge in [0.1, 0.15) is 0 Å². The van der Waals surface area contributed by atoms with Gasteiger partial charge in [0.05, 0.1) is 29.8 Å². The van der Waals surface area contributed by atoms with Crippen LogP contribution in [0.25, 0.3) is 11.5 Å². The van der Waals surface area contributed by atoms with Gasteiger partial charge in [-0.05, 0) is 18.6 Å². The molecule has 3 rings (SSSR count). The molecule has 1 fully saturated rings. The van der Waals surface area contributed by atoms with Gasteiger partial charge in [-0.3, -0.25) is 4.90 Å². The summed E-state index contributed by atoms with van der Waals surface area (Å²) in [7, 11) is 3.45. The first-order valence-corrected chi connectivity index (χ1v) is 7.92. The van der Waals surface area contributed by atoms with Crippen LogP contribution in [0.15, 0.2) is 28.7 Å². The lowest BCUT2D eigenvalue weighted by Gasteiger charge is -2.21. The summed E-state index contributed by atoms with van der Waals surface area (Å²) in [4.78, 5) is 2.25. The number of halogens is 1. The number of likely N-dealkylation sites (tertiary alicyclic amines) is 1. The first-order chi connectivity index (χ1) is 11.2. The van der Waals surface area contributed by atoms with Crippen molar-refractivity contribution in [2.75, 3.05) is 27.4 Å². The van der Waals surface area contributed by atoms with Gasteiger partial charge >= 0.3 is 0 Å². The first kappa shape index (κ1) is 16.4. The zero-order valence-electron chi connectivity index (χ0n) is 13.2. The number of nitrogens with zero attached hydrogens (tertiary/aromatic N) is 3. The van der Waals surface area contributed by atoms with Crippen molar-refractivity contribution in [3.05, 3.63) is 35.2 Å². The second kappa shape index (κ2) is 7.40. The number of rotatable bonds is 6. The van der Waals surface area contributed by atoms with Crippen LogP contribution in [-0.4, -0.2) is 54.6 Å². The highest BCUT2D eigenvalue weighted by Gasteiger charge is 2.33. The summed E-state index contributed by atoms with van der Waals surface area (Å²) in [6.07, 6.45) is 1.15. The van der Waals surface area contributed by atoms with Crippen LogP contribution in [-0.2, 0) is 16.0 Å². The van der Waals surface area contributed by atoms with E-state index in [-0.39, 0.29) is 6.10 Å². The third-order valence-electron chi connectivity index (χ3n) is 4.09. The minimum Gasteiger partial charge on any atom is -0.419 e. The van der Waals surface area contributed by atoms with E-state index in [1.54, 1.807) is 20.3 Å². The summed E-state index contributed by atoms with van der Waals surface area (Å²) in [5.74, 6) is 1.01. The lowest BCUT2D eigenvalue weighted by atomic mass is 10.2. The van der Waals surface area contributed by atoms with E-state index in [9.17, 15) is 0 Å². The third-order valence-corrected chi connectivity index (χ3v) is 4.42. The summed E-state index contributed by atoms with van der Waals surface area (Å²) >= 11 is 6.17. The Kier molecular flexibility index (Phi) is 5.27. The lowest BCUT2D eigenvalue weighted by molar-refractivity contribution is 0.102. The minimum atomic E-state index is 0.209. The van der Waals surface area contributed by atoms with Gasteiger partial charge in [0, 0.05) is 26.8 Å². The van der Waals surface area contributed by atoms with Gasteiger partial charge in [0.2, 0.25) is 11.8 Å². The van der Waals surface area contributed by atoms with E-state index in [0.29, 0.717) is 36.0 Å². The van der Waals surface area contributed by atoms with Gasteiger partial charge in [0.25, 0.3) is 0 Å². The van der Waals surface area contributed by atoms with Gasteiger partial charge in [-0.1, -0.05) is 23.7 Å². The second-order valence-corrected chi connectivity index (χ2v) is 6.02. The van der Waals surface area contributed by atoms with Gasteiger partial charge < -0.3 is 13.9 Å². The largest absolute Gasteiger partial charge is 0.419 e. The maximum atomic E-state index is 6.17. The quantitative estimate of drug-likeness (QED) is 0.807. The summed E-state index contributed by atoms with van der Waals surface area (Å²) in [5.41, 5.74) is 0.748. The van der Waals surface area contributed by atoms with Gasteiger partial charge in [-0.25, -0.2) is 0 Å². The molecule has 2 heterocycles. The smallest absolute Gasteiger partial charge is 0.249 e. The number of hydrogen-bond donors (Lipinski definition) is 0. The van der Waals surface area contributed by atoms with E-state index < -0.39 is 0 Å². The SMILES string of the molecule is COC[C@@H]1C[C@@H](OC)CN1Cc1nnc(-c2ccccc2Cl)o1. The number of benzene rings is 1. The Morgan fingerprint density at radius 2 is 2.13 bits per heavy atom. The monoisotopic (exact) mass is 337 g/mol. The molecule has 0 saturated carbocycles. The van der Waals surface area contributed by atoms with E-state index in [2.05, 4.69) is 15.1 Å². The molecule has 1 saturated heterocycles. The third kappa shape index (κ3) is 3.72. The molecule has 2 atom stereocenters. The summed E-state index contributed by atoms with van der Waals surface area (Å²) < 4.78 is 16.5. The zero-order chi connectivity index (χ0) is 16.2. The predicted molar refractivity (Wildman–Crippen MR) is 86.2 cm³/mol. The van der Waals surface area contributed by atoms with E-state index in [0.717, 1.165) is 18.5 Å². The van der Waals surface area contributed by atoms with Crippen LogP contribution >= 0.6 is 11.6 Å². The maximum Gasteiger partial charge on any atom is 0.249 e. The van der Waals surface area contributed by atoms with E-state index in [4.69, 9.17) is 25.5 Å². The molecule has 1 aliphatic rings. The normalized spacial score (nSPS) is 21.9. The van der Waals surface area contributed by atoms with Crippen molar-refractivity contribution in [3.63, 3.8) is 0 Å². The molecule has 0 N–H and O–H groups in total. The Balaban J connectivity index is 1.72. The predicted octanol–water partition coefficient (Wildman–Crippen LogP) is 2.63. The highest BCUT2D eigenvalue weighted by molar-refractivity contribution is 6.33.